The van der Waals surface area contributed by atoms with Gasteiger partial charge in [-0.3, -0.25) is 0 Å². The van der Waals surface area contributed by atoms with Gasteiger partial charge in [0.25, 0.3) is 0 Å². The number of para-hydroxylation sites is 1. The van der Waals surface area contributed by atoms with Crippen molar-refractivity contribution in [2.75, 3.05) is 6.61 Å². The zero-order chi connectivity index (χ0) is 8.39. The molecule has 0 aromatic heterocycles. The first-order valence-electron chi connectivity index (χ1n) is 3.92. The van der Waals surface area contributed by atoms with Gasteiger partial charge in [-0.05, 0) is 6.07 Å². The number of hydrogen-bond donors (Lipinski definition) is 1. The van der Waals surface area contributed by atoms with Gasteiger partial charge < -0.3 is 9.99 Å². The number of hydrogen-bond acceptors (Lipinski definition) is 3. The molecule has 0 radical (unpaired) electrons. The highest BCUT2D eigenvalue weighted by Gasteiger charge is 2.19. The van der Waals surface area contributed by atoms with Crippen LogP contribution in [0.25, 0.3) is 0 Å². The molecule has 0 bridgehead atoms. The Kier molecular flexibility index (Phi) is 1.98. The van der Waals surface area contributed by atoms with Crippen LogP contribution < -0.4 is 4.89 Å². The van der Waals surface area contributed by atoms with Crippen LogP contribution in [0.3, 0.4) is 0 Å². The smallest absolute Gasteiger partial charge is 0.168 e. The van der Waals surface area contributed by atoms with Gasteiger partial charge in [0.1, 0.15) is 6.10 Å². The molecule has 0 saturated heterocycles. The molecule has 0 spiro atoms. The SMILES string of the molecule is OCC1Cc2ccccc2OO1. The van der Waals surface area contributed by atoms with Crippen LogP contribution in [0.15, 0.2) is 24.3 Å². The lowest BCUT2D eigenvalue weighted by Crippen LogP contribution is -2.26. The van der Waals surface area contributed by atoms with Crippen molar-refractivity contribution in [1.82, 2.24) is 0 Å². The topological polar surface area (TPSA) is 38.7 Å². The third-order valence-electron chi connectivity index (χ3n) is 1.90. The first kappa shape index (κ1) is 7.58. The second-order valence-electron chi connectivity index (χ2n) is 2.80. The van der Waals surface area contributed by atoms with Crippen molar-refractivity contribution in [2.24, 2.45) is 0 Å². The predicted molar refractivity (Wildman–Crippen MR) is 42.7 cm³/mol. The highest BCUT2D eigenvalue weighted by molar-refractivity contribution is 5.34. The van der Waals surface area contributed by atoms with Crippen LogP contribution in [0, 0.1) is 0 Å². The van der Waals surface area contributed by atoms with Crippen molar-refractivity contribution in [2.45, 2.75) is 12.5 Å². The summed E-state index contributed by atoms with van der Waals surface area (Å²) in [6.45, 7) is -0.00562. The maximum Gasteiger partial charge on any atom is 0.168 e. The standard InChI is InChI=1S/C9H10O3/c10-6-8-5-7-3-1-2-4-9(7)12-11-8/h1-4,8,10H,5-6H2. The average Bonchev–Trinajstić information content (AvgIpc) is 2.17. The van der Waals surface area contributed by atoms with E-state index < -0.39 is 0 Å². The van der Waals surface area contributed by atoms with Crippen LogP contribution in [-0.4, -0.2) is 17.8 Å². The van der Waals surface area contributed by atoms with E-state index in [9.17, 15) is 0 Å². The number of benzene rings is 1. The minimum atomic E-state index is -0.222. The summed E-state index contributed by atoms with van der Waals surface area (Å²) in [4.78, 5) is 9.87. The van der Waals surface area contributed by atoms with Crippen molar-refractivity contribution in [3.63, 3.8) is 0 Å². The fourth-order valence-electron chi connectivity index (χ4n) is 1.25. The van der Waals surface area contributed by atoms with Gasteiger partial charge >= 0.3 is 0 Å². The van der Waals surface area contributed by atoms with E-state index >= 15 is 0 Å². The molecule has 1 heterocycles. The molecule has 3 nitrogen and oxygen atoms in total. The van der Waals surface area contributed by atoms with Gasteiger partial charge in [0.15, 0.2) is 5.75 Å². The highest BCUT2D eigenvalue weighted by Crippen LogP contribution is 2.24. The van der Waals surface area contributed by atoms with Crippen molar-refractivity contribution < 1.29 is 14.9 Å². The fourth-order valence-corrected chi connectivity index (χ4v) is 1.25. The van der Waals surface area contributed by atoms with Gasteiger partial charge in [0, 0.05) is 12.0 Å². The van der Waals surface area contributed by atoms with E-state index in [1.54, 1.807) is 0 Å². The van der Waals surface area contributed by atoms with E-state index in [2.05, 4.69) is 0 Å². The molecule has 3 heteroatoms. The normalized spacial score (nSPS) is 21.2. The predicted octanol–water partition coefficient (Wildman–Crippen LogP) is 0.914. The van der Waals surface area contributed by atoms with Crippen molar-refractivity contribution in [3.8, 4) is 5.75 Å². The molecule has 1 aromatic carbocycles. The Labute approximate surface area is 70.5 Å². The summed E-state index contributed by atoms with van der Waals surface area (Å²) < 4.78 is 0. The number of aliphatic hydroxyl groups excluding tert-OH is 1. The molecule has 0 amide bonds. The lowest BCUT2D eigenvalue weighted by Gasteiger charge is -2.21. The highest BCUT2D eigenvalue weighted by atomic mass is 17.2. The van der Waals surface area contributed by atoms with Crippen LogP contribution in [-0.2, 0) is 11.3 Å². The van der Waals surface area contributed by atoms with Crippen molar-refractivity contribution in [1.29, 1.82) is 0 Å². The van der Waals surface area contributed by atoms with E-state index in [4.69, 9.17) is 14.9 Å². The molecule has 1 unspecified atom stereocenters. The summed E-state index contributed by atoms with van der Waals surface area (Å²) >= 11 is 0. The first-order valence-corrected chi connectivity index (χ1v) is 3.92. The molecule has 2 rings (SSSR count). The summed E-state index contributed by atoms with van der Waals surface area (Å²) in [5.41, 5.74) is 1.09. The van der Waals surface area contributed by atoms with E-state index in [0.29, 0.717) is 6.42 Å². The van der Waals surface area contributed by atoms with E-state index in [-0.39, 0.29) is 12.7 Å². The second kappa shape index (κ2) is 3.13. The summed E-state index contributed by atoms with van der Waals surface area (Å²) in [6, 6.07) is 7.66. The maximum atomic E-state index is 8.81. The summed E-state index contributed by atoms with van der Waals surface area (Å²) in [5.74, 6) is 0.752. The molecule has 0 fully saturated rings. The average molecular weight is 166 g/mol. The third kappa shape index (κ3) is 1.29. The van der Waals surface area contributed by atoms with Gasteiger partial charge in [-0.15, -0.1) is 0 Å². The second-order valence-corrected chi connectivity index (χ2v) is 2.80. The first-order chi connectivity index (χ1) is 5.90. The van der Waals surface area contributed by atoms with E-state index in [0.717, 1.165) is 11.3 Å². The molecule has 1 atom stereocenters. The Hall–Kier alpha value is -1.06. The Morgan fingerprint density at radius 3 is 3.08 bits per heavy atom. The van der Waals surface area contributed by atoms with E-state index in [1.165, 1.54) is 0 Å². The molecular formula is C9H10O3. The Morgan fingerprint density at radius 2 is 2.25 bits per heavy atom. The van der Waals surface area contributed by atoms with E-state index in [1.807, 2.05) is 24.3 Å². The quantitative estimate of drug-likeness (QED) is 0.630. The van der Waals surface area contributed by atoms with Crippen molar-refractivity contribution >= 4 is 0 Å². The summed E-state index contributed by atoms with van der Waals surface area (Å²) in [6.07, 6.45) is 0.493. The molecule has 64 valence electrons. The van der Waals surface area contributed by atoms with Crippen LogP contribution >= 0.6 is 0 Å². The molecule has 0 aliphatic carbocycles. The van der Waals surface area contributed by atoms with Gasteiger partial charge in [-0.2, -0.15) is 4.89 Å². The number of rotatable bonds is 1. The zero-order valence-corrected chi connectivity index (χ0v) is 6.56. The number of fused-ring (bicyclic) bond motifs is 1. The lowest BCUT2D eigenvalue weighted by atomic mass is 10.1. The molecule has 1 aliphatic rings. The van der Waals surface area contributed by atoms with Gasteiger partial charge in [-0.25, -0.2) is 0 Å². The molecular weight excluding hydrogens is 156 g/mol. The Balaban J connectivity index is 2.23. The number of aliphatic hydroxyl groups is 1. The maximum absolute atomic E-state index is 8.81. The van der Waals surface area contributed by atoms with Gasteiger partial charge in [-0.1, -0.05) is 18.2 Å². The molecule has 1 N–H and O–H groups in total. The van der Waals surface area contributed by atoms with Crippen LogP contribution in [0.1, 0.15) is 5.56 Å². The minimum Gasteiger partial charge on any atom is -0.393 e. The fraction of sp³-hybridized carbons (Fsp3) is 0.333. The summed E-state index contributed by atoms with van der Waals surface area (Å²) in [7, 11) is 0. The van der Waals surface area contributed by atoms with Gasteiger partial charge in [0.2, 0.25) is 0 Å². The largest absolute Gasteiger partial charge is 0.393 e. The monoisotopic (exact) mass is 166 g/mol. The minimum absolute atomic E-state index is 0.00562. The lowest BCUT2D eigenvalue weighted by molar-refractivity contribution is -0.261. The van der Waals surface area contributed by atoms with Crippen LogP contribution in [0.2, 0.25) is 0 Å². The van der Waals surface area contributed by atoms with Crippen molar-refractivity contribution in [3.05, 3.63) is 29.8 Å². The summed E-state index contributed by atoms with van der Waals surface area (Å²) in [5, 5.41) is 8.81. The van der Waals surface area contributed by atoms with Crippen LogP contribution in [0.5, 0.6) is 5.75 Å². The third-order valence-corrected chi connectivity index (χ3v) is 1.90. The Morgan fingerprint density at radius 1 is 1.42 bits per heavy atom. The Bertz CT molecular complexity index is 272. The molecule has 1 aromatic rings. The van der Waals surface area contributed by atoms with Crippen LogP contribution in [0.4, 0.5) is 0 Å². The molecule has 12 heavy (non-hydrogen) atoms. The molecule has 1 aliphatic heterocycles. The zero-order valence-electron chi connectivity index (χ0n) is 6.56. The molecule has 0 saturated carbocycles. The van der Waals surface area contributed by atoms with Gasteiger partial charge in [0.05, 0.1) is 6.61 Å².